The van der Waals surface area contributed by atoms with E-state index in [1.54, 1.807) is 4.90 Å². The van der Waals surface area contributed by atoms with Crippen LogP contribution in [0.5, 0.6) is 0 Å². The Bertz CT molecular complexity index is 2780. The van der Waals surface area contributed by atoms with Crippen molar-refractivity contribution < 1.29 is 11.3 Å². The summed E-state index contributed by atoms with van der Waals surface area (Å²) in [7, 11) is 0. The van der Waals surface area contributed by atoms with Crippen LogP contribution in [-0.4, -0.2) is 0 Å². The van der Waals surface area contributed by atoms with Gasteiger partial charge in [-0.1, -0.05) is 139 Å². The zero-order valence-corrected chi connectivity index (χ0v) is 25.9. The van der Waals surface area contributed by atoms with Crippen LogP contribution >= 0.6 is 0 Å². The molecule has 0 bridgehead atoms. The van der Waals surface area contributed by atoms with Crippen LogP contribution in [0.1, 0.15) is 6.85 Å². The molecule has 0 saturated carbocycles. The average molecular weight is 619 g/mol. The highest BCUT2D eigenvalue weighted by Gasteiger charge is 2.16. The van der Waals surface area contributed by atoms with Gasteiger partial charge in [0.1, 0.15) is 11.2 Å². The second-order valence-electron chi connectivity index (χ2n) is 11.8. The zero-order valence-electron chi connectivity index (χ0n) is 30.9. The zero-order chi connectivity index (χ0) is 36.2. The maximum Gasteiger partial charge on any atom is 0.143 e. The Balaban J connectivity index is 1.13. The SMILES string of the molecule is [2H]c1c([2H])c([2H])c(N(c2ccc(-c3ccc(-c4ccccc4)cc3)cc2)c2ccc(-c3cccc4oc5c6ccccc6ccc5c34)cc2)c([2H])c1[2H]. The number of hydrogen-bond acceptors (Lipinski definition) is 2. The normalized spacial score (nSPS) is 12.8. The summed E-state index contributed by atoms with van der Waals surface area (Å²) in [6.07, 6.45) is 0. The van der Waals surface area contributed by atoms with E-state index >= 15 is 0 Å². The molecule has 9 aromatic rings. The number of hydrogen-bond donors (Lipinski definition) is 0. The second-order valence-corrected chi connectivity index (χ2v) is 11.8. The van der Waals surface area contributed by atoms with Gasteiger partial charge in [0.25, 0.3) is 0 Å². The molecule has 8 aromatic carbocycles. The highest BCUT2D eigenvalue weighted by Crippen LogP contribution is 2.41. The summed E-state index contributed by atoms with van der Waals surface area (Å²) in [4.78, 5) is 1.74. The minimum absolute atomic E-state index is 0.0820. The molecule has 0 aliphatic heterocycles. The summed E-state index contributed by atoms with van der Waals surface area (Å²) in [5.74, 6) is 0. The molecular formula is C46H31NO. The van der Waals surface area contributed by atoms with Crippen LogP contribution in [0.15, 0.2) is 192 Å². The first-order valence-electron chi connectivity index (χ1n) is 18.4. The van der Waals surface area contributed by atoms with Gasteiger partial charge in [0, 0.05) is 33.2 Å². The number of fused-ring (bicyclic) bond motifs is 5. The van der Waals surface area contributed by atoms with E-state index in [1.807, 2.05) is 91.0 Å². The lowest BCUT2D eigenvalue weighted by atomic mass is 9.98. The third kappa shape index (κ3) is 4.92. The molecule has 0 N–H and O–H groups in total. The van der Waals surface area contributed by atoms with Crippen molar-refractivity contribution in [2.24, 2.45) is 0 Å². The van der Waals surface area contributed by atoms with Gasteiger partial charge in [-0.2, -0.15) is 0 Å². The Hall–Kier alpha value is -6.38. The molecule has 0 saturated heterocycles. The summed E-state index contributed by atoms with van der Waals surface area (Å²) >= 11 is 0. The molecule has 0 atom stereocenters. The molecular weight excluding hydrogens is 583 g/mol. The fourth-order valence-corrected chi connectivity index (χ4v) is 6.64. The van der Waals surface area contributed by atoms with Crippen molar-refractivity contribution in [3.63, 3.8) is 0 Å². The molecule has 0 spiro atoms. The van der Waals surface area contributed by atoms with Gasteiger partial charge in [-0.05, 0) is 87.2 Å². The first-order valence-corrected chi connectivity index (χ1v) is 15.9. The van der Waals surface area contributed by atoms with Gasteiger partial charge in [0.15, 0.2) is 0 Å². The molecule has 9 rings (SSSR count). The number of para-hydroxylation sites is 1. The van der Waals surface area contributed by atoms with Crippen LogP contribution in [0.3, 0.4) is 0 Å². The smallest absolute Gasteiger partial charge is 0.143 e. The predicted octanol–water partition coefficient (Wildman–Crippen LogP) is 13.2. The Labute approximate surface area is 286 Å². The summed E-state index contributed by atoms with van der Waals surface area (Å²) in [6.45, 7) is 0. The standard InChI is InChI=1S/C46H31NO/c1-3-10-32(11-4-1)33-18-20-34(21-19-33)35-22-27-39(28-23-35)47(38-13-5-2-6-14-38)40-29-24-37(25-30-40)41-16-9-17-44-45(41)43-31-26-36-12-7-8-15-42(36)46(43)48-44/h1-31H/i2D,5D,6D,13D,14D. The lowest BCUT2D eigenvalue weighted by molar-refractivity contribution is 0.673. The van der Waals surface area contributed by atoms with Gasteiger partial charge in [-0.25, -0.2) is 0 Å². The minimum Gasteiger partial charge on any atom is -0.455 e. The fraction of sp³-hybridized carbons (Fsp3) is 0. The molecule has 226 valence electrons. The van der Waals surface area contributed by atoms with E-state index in [0.717, 1.165) is 66.1 Å². The van der Waals surface area contributed by atoms with Gasteiger partial charge in [-0.15, -0.1) is 0 Å². The quantitative estimate of drug-likeness (QED) is 0.184. The predicted molar refractivity (Wildman–Crippen MR) is 202 cm³/mol. The molecule has 48 heavy (non-hydrogen) atoms. The average Bonchev–Trinajstić information content (AvgIpc) is 3.61. The van der Waals surface area contributed by atoms with Crippen molar-refractivity contribution >= 4 is 49.8 Å². The molecule has 0 amide bonds. The van der Waals surface area contributed by atoms with Crippen molar-refractivity contribution in [2.45, 2.75) is 0 Å². The van der Waals surface area contributed by atoms with E-state index in [4.69, 9.17) is 11.3 Å². The van der Waals surface area contributed by atoms with E-state index in [9.17, 15) is 0 Å². The Morgan fingerprint density at radius 2 is 1.00 bits per heavy atom. The van der Waals surface area contributed by atoms with Crippen LogP contribution in [0.2, 0.25) is 0 Å². The van der Waals surface area contributed by atoms with E-state index in [1.165, 1.54) is 0 Å². The Morgan fingerprint density at radius 1 is 0.417 bits per heavy atom. The van der Waals surface area contributed by atoms with Crippen LogP contribution in [0.4, 0.5) is 17.1 Å². The molecule has 0 unspecified atom stereocenters. The van der Waals surface area contributed by atoms with Crippen LogP contribution < -0.4 is 4.90 Å². The van der Waals surface area contributed by atoms with E-state index in [2.05, 4.69) is 66.7 Å². The molecule has 2 nitrogen and oxygen atoms in total. The third-order valence-corrected chi connectivity index (χ3v) is 8.98. The number of rotatable bonds is 6. The van der Waals surface area contributed by atoms with Crippen molar-refractivity contribution in [3.05, 3.63) is 188 Å². The largest absolute Gasteiger partial charge is 0.455 e. The number of benzene rings is 8. The summed E-state index contributed by atoms with van der Waals surface area (Å²) < 4.78 is 49.4. The van der Waals surface area contributed by atoms with Gasteiger partial charge in [0.2, 0.25) is 0 Å². The highest BCUT2D eigenvalue weighted by molar-refractivity contribution is 6.19. The molecule has 0 aliphatic rings. The van der Waals surface area contributed by atoms with Crippen molar-refractivity contribution in [1.29, 1.82) is 0 Å². The summed E-state index contributed by atoms with van der Waals surface area (Å²) in [6, 6.07) is 51.1. The van der Waals surface area contributed by atoms with Gasteiger partial charge in [0.05, 0.1) is 6.85 Å². The van der Waals surface area contributed by atoms with E-state index in [0.29, 0.717) is 11.4 Å². The van der Waals surface area contributed by atoms with Gasteiger partial charge in [-0.3, -0.25) is 0 Å². The van der Waals surface area contributed by atoms with E-state index in [-0.39, 0.29) is 29.9 Å². The van der Waals surface area contributed by atoms with Crippen LogP contribution in [0.25, 0.3) is 66.1 Å². The van der Waals surface area contributed by atoms with E-state index < -0.39 is 6.04 Å². The number of nitrogens with zero attached hydrogens (tertiary/aromatic N) is 1. The maximum absolute atomic E-state index is 8.89. The van der Waals surface area contributed by atoms with Crippen molar-refractivity contribution in [3.8, 4) is 33.4 Å². The van der Waals surface area contributed by atoms with Gasteiger partial charge >= 0.3 is 0 Å². The minimum atomic E-state index is -0.429. The number of furan rings is 1. The lowest BCUT2D eigenvalue weighted by Gasteiger charge is -2.26. The Morgan fingerprint density at radius 3 is 1.69 bits per heavy atom. The summed E-state index contributed by atoms with van der Waals surface area (Å²) in [5, 5.41) is 4.24. The first kappa shape index (κ1) is 23.0. The van der Waals surface area contributed by atoms with Crippen molar-refractivity contribution in [1.82, 2.24) is 0 Å². The monoisotopic (exact) mass is 618 g/mol. The maximum atomic E-state index is 8.89. The fourth-order valence-electron chi connectivity index (χ4n) is 6.64. The topological polar surface area (TPSA) is 16.4 Å². The van der Waals surface area contributed by atoms with Crippen LogP contribution in [0, 0.1) is 0 Å². The third-order valence-electron chi connectivity index (χ3n) is 8.98. The molecule has 0 radical (unpaired) electrons. The molecule has 1 heterocycles. The van der Waals surface area contributed by atoms with Crippen molar-refractivity contribution in [2.75, 3.05) is 4.90 Å². The lowest BCUT2D eigenvalue weighted by Crippen LogP contribution is -2.09. The highest BCUT2D eigenvalue weighted by atomic mass is 16.3. The molecule has 2 heteroatoms. The first-order chi connectivity index (χ1) is 25.9. The Kier molecular flexibility index (Phi) is 5.64. The molecule has 1 aromatic heterocycles. The molecule has 0 aliphatic carbocycles. The van der Waals surface area contributed by atoms with Crippen LogP contribution in [-0.2, 0) is 0 Å². The second kappa shape index (κ2) is 11.8. The van der Waals surface area contributed by atoms with Gasteiger partial charge < -0.3 is 9.32 Å². The summed E-state index contributed by atoms with van der Waals surface area (Å²) in [5.41, 5.74) is 9.35. The number of anilines is 3. The molecule has 0 fully saturated rings.